The summed E-state index contributed by atoms with van der Waals surface area (Å²) in [5.74, 6) is 0.606. The molecule has 1 heterocycles. The van der Waals surface area contributed by atoms with Crippen molar-refractivity contribution in [3.05, 3.63) is 97.7 Å². The predicted octanol–water partition coefficient (Wildman–Crippen LogP) is 6.16. The van der Waals surface area contributed by atoms with Crippen LogP contribution in [0.25, 0.3) is 0 Å². The highest BCUT2D eigenvalue weighted by Gasteiger charge is 2.25. The van der Waals surface area contributed by atoms with E-state index in [0.717, 1.165) is 11.3 Å². The lowest BCUT2D eigenvalue weighted by molar-refractivity contribution is 0.128. The second kappa shape index (κ2) is 8.93. The molecule has 1 aliphatic carbocycles. The van der Waals surface area contributed by atoms with Crippen LogP contribution in [0, 0.1) is 11.3 Å². The summed E-state index contributed by atoms with van der Waals surface area (Å²) in [4.78, 5) is 4.64. The normalized spacial score (nSPS) is 15.4. The molecule has 0 amide bonds. The fraction of sp³-hybridized carbons (Fsp3) is 0.217. The topological polar surface area (TPSA) is 68.9 Å². The first-order valence-electron chi connectivity index (χ1n) is 9.50. The Morgan fingerprint density at radius 3 is 2.30 bits per heavy atom. The van der Waals surface area contributed by atoms with E-state index in [4.69, 9.17) is 40.1 Å². The highest BCUT2D eigenvalue weighted by molar-refractivity contribution is 6.42. The van der Waals surface area contributed by atoms with E-state index in [9.17, 15) is 5.11 Å². The number of hydrogen-bond donors (Lipinski definition) is 2. The van der Waals surface area contributed by atoms with Crippen molar-refractivity contribution in [2.45, 2.75) is 31.0 Å². The number of hydrogen-bond acceptors (Lipinski definition) is 4. The van der Waals surface area contributed by atoms with Crippen LogP contribution in [0.15, 0.2) is 54.7 Å². The molecule has 4 nitrogen and oxygen atoms in total. The Morgan fingerprint density at radius 2 is 1.70 bits per heavy atom. The van der Waals surface area contributed by atoms with Crippen LogP contribution < -0.4 is 5.32 Å². The molecule has 152 valence electrons. The van der Waals surface area contributed by atoms with Crippen molar-refractivity contribution in [2.24, 2.45) is 0 Å². The predicted molar refractivity (Wildman–Crippen MR) is 119 cm³/mol. The van der Waals surface area contributed by atoms with Gasteiger partial charge >= 0.3 is 0 Å². The monoisotopic (exact) mass is 457 g/mol. The molecule has 1 aromatic heterocycles. The van der Waals surface area contributed by atoms with Gasteiger partial charge in [-0.25, -0.2) is 0 Å². The molecule has 4 rings (SSSR count). The first-order chi connectivity index (χ1) is 14.5. The minimum Gasteiger partial charge on any atom is -0.374 e. The van der Waals surface area contributed by atoms with Crippen LogP contribution in [0.1, 0.15) is 59.0 Å². The van der Waals surface area contributed by atoms with Crippen LogP contribution in [0.3, 0.4) is 0 Å². The quantitative estimate of drug-likeness (QED) is 0.434. The molecule has 1 saturated carbocycles. The third kappa shape index (κ3) is 4.62. The fourth-order valence-corrected chi connectivity index (χ4v) is 3.87. The number of aliphatic hydroxyl groups excluding tert-OH is 1. The van der Waals surface area contributed by atoms with Crippen LogP contribution in [-0.2, 0) is 0 Å². The molecule has 2 aromatic carbocycles. The number of aliphatic hydroxyl groups is 1. The number of halogens is 3. The lowest BCUT2D eigenvalue weighted by Gasteiger charge is -2.24. The summed E-state index contributed by atoms with van der Waals surface area (Å²) in [6, 6.07) is 15.8. The molecule has 0 bridgehead atoms. The standard InChI is InChI=1S/C23H18Cl3N3O/c24-18-7-5-14(9-20(18)26)22(21-8-6-17(12-28-21)13-1-2-13)29-23(30)15-3-4-16(11-27)19(25)10-15/h3-10,12-13,22-23,29-30H,1-2H2. The van der Waals surface area contributed by atoms with Crippen molar-refractivity contribution in [1.29, 1.82) is 5.26 Å². The van der Waals surface area contributed by atoms with Gasteiger partial charge in [-0.05, 0) is 65.8 Å². The van der Waals surface area contributed by atoms with E-state index >= 15 is 0 Å². The SMILES string of the molecule is N#Cc1ccc(C(O)NC(c2ccc(Cl)c(Cl)c2)c2ccc(C3CC3)cn2)cc1Cl. The van der Waals surface area contributed by atoms with Crippen molar-refractivity contribution in [2.75, 3.05) is 0 Å². The van der Waals surface area contributed by atoms with Gasteiger partial charge in [0, 0.05) is 6.20 Å². The van der Waals surface area contributed by atoms with Gasteiger partial charge in [0.2, 0.25) is 0 Å². The van der Waals surface area contributed by atoms with Crippen molar-refractivity contribution in [3.8, 4) is 6.07 Å². The van der Waals surface area contributed by atoms with Crippen LogP contribution in [0.5, 0.6) is 0 Å². The molecule has 1 aliphatic rings. The van der Waals surface area contributed by atoms with Crippen molar-refractivity contribution >= 4 is 34.8 Å². The van der Waals surface area contributed by atoms with Crippen LogP contribution in [-0.4, -0.2) is 10.1 Å². The van der Waals surface area contributed by atoms with Crippen molar-refractivity contribution in [1.82, 2.24) is 10.3 Å². The Balaban J connectivity index is 1.66. The third-order valence-electron chi connectivity index (χ3n) is 5.18. The Morgan fingerprint density at radius 1 is 0.967 bits per heavy atom. The molecule has 30 heavy (non-hydrogen) atoms. The van der Waals surface area contributed by atoms with Crippen molar-refractivity contribution < 1.29 is 5.11 Å². The molecular formula is C23H18Cl3N3O. The van der Waals surface area contributed by atoms with E-state index in [-0.39, 0.29) is 5.02 Å². The van der Waals surface area contributed by atoms with Gasteiger partial charge in [0.05, 0.1) is 32.4 Å². The maximum absolute atomic E-state index is 10.8. The summed E-state index contributed by atoms with van der Waals surface area (Å²) in [5, 5.41) is 24.3. The Bertz CT molecular complexity index is 1110. The maximum Gasteiger partial charge on any atom is 0.131 e. The molecule has 0 saturated heterocycles. The van der Waals surface area contributed by atoms with Gasteiger partial charge in [-0.3, -0.25) is 10.3 Å². The Hall–Kier alpha value is -2.13. The Labute approximate surface area is 190 Å². The summed E-state index contributed by atoms with van der Waals surface area (Å²) in [5.41, 5.74) is 3.68. The molecule has 3 aromatic rings. The summed E-state index contributed by atoms with van der Waals surface area (Å²) in [6.45, 7) is 0. The molecular weight excluding hydrogens is 441 g/mol. The fourth-order valence-electron chi connectivity index (χ4n) is 3.34. The number of nitrogens with zero attached hydrogens (tertiary/aromatic N) is 2. The largest absolute Gasteiger partial charge is 0.374 e. The number of nitriles is 1. The third-order valence-corrected chi connectivity index (χ3v) is 6.24. The minimum atomic E-state index is -1.04. The average molecular weight is 459 g/mol. The lowest BCUT2D eigenvalue weighted by Crippen LogP contribution is -2.28. The molecule has 2 unspecified atom stereocenters. The number of pyridine rings is 1. The van der Waals surface area contributed by atoms with Gasteiger partial charge in [0.1, 0.15) is 12.3 Å². The maximum atomic E-state index is 10.8. The van der Waals surface area contributed by atoms with Crippen LogP contribution in [0.4, 0.5) is 0 Å². The number of benzene rings is 2. The minimum absolute atomic E-state index is 0.286. The molecule has 7 heteroatoms. The molecule has 0 spiro atoms. The second-order valence-electron chi connectivity index (χ2n) is 7.32. The summed E-state index contributed by atoms with van der Waals surface area (Å²) in [6.07, 6.45) is 3.26. The summed E-state index contributed by atoms with van der Waals surface area (Å²) in [7, 11) is 0. The second-order valence-corrected chi connectivity index (χ2v) is 8.54. The van der Waals surface area contributed by atoms with E-state index in [1.165, 1.54) is 18.4 Å². The number of nitrogens with one attached hydrogen (secondary N) is 1. The van der Waals surface area contributed by atoms with E-state index in [2.05, 4.69) is 16.4 Å². The zero-order valence-electron chi connectivity index (χ0n) is 15.8. The smallest absolute Gasteiger partial charge is 0.131 e. The Kier molecular flexibility index (Phi) is 6.29. The van der Waals surface area contributed by atoms with Gasteiger partial charge in [0.25, 0.3) is 0 Å². The lowest BCUT2D eigenvalue weighted by atomic mass is 10.0. The average Bonchev–Trinajstić information content (AvgIpc) is 3.59. The van der Waals surface area contributed by atoms with E-state index < -0.39 is 12.3 Å². The first-order valence-corrected chi connectivity index (χ1v) is 10.6. The van der Waals surface area contributed by atoms with E-state index in [1.54, 1.807) is 30.3 Å². The van der Waals surface area contributed by atoms with E-state index in [0.29, 0.717) is 27.1 Å². The molecule has 0 aliphatic heterocycles. The highest BCUT2D eigenvalue weighted by Crippen LogP contribution is 2.40. The number of rotatable bonds is 6. The molecule has 1 fully saturated rings. The van der Waals surface area contributed by atoms with Gasteiger partial charge in [-0.2, -0.15) is 5.26 Å². The molecule has 2 atom stereocenters. The van der Waals surface area contributed by atoms with Crippen LogP contribution >= 0.6 is 34.8 Å². The molecule has 0 radical (unpaired) electrons. The van der Waals surface area contributed by atoms with Crippen LogP contribution in [0.2, 0.25) is 15.1 Å². The first kappa shape index (κ1) is 21.1. The summed E-state index contributed by atoms with van der Waals surface area (Å²) < 4.78 is 0. The zero-order chi connectivity index (χ0) is 21.3. The van der Waals surface area contributed by atoms with Gasteiger partial charge in [0.15, 0.2) is 0 Å². The van der Waals surface area contributed by atoms with Gasteiger partial charge < -0.3 is 5.11 Å². The van der Waals surface area contributed by atoms with E-state index in [1.807, 2.05) is 24.4 Å². The highest BCUT2D eigenvalue weighted by atomic mass is 35.5. The molecule has 2 N–H and O–H groups in total. The zero-order valence-corrected chi connectivity index (χ0v) is 18.1. The van der Waals surface area contributed by atoms with Gasteiger partial charge in [-0.15, -0.1) is 0 Å². The van der Waals surface area contributed by atoms with Crippen molar-refractivity contribution in [3.63, 3.8) is 0 Å². The summed E-state index contributed by atoms with van der Waals surface area (Å²) >= 11 is 18.5. The number of aromatic nitrogens is 1. The van der Waals surface area contributed by atoms with Gasteiger partial charge in [-0.1, -0.05) is 53.0 Å².